The first-order chi connectivity index (χ1) is 15.2. The quantitative estimate of drug-likeness (QED) is 0.280. The lowest BCUT2D eigenvalue weighted by atomic mass is 9.93. The van der Waals surface area contributed by atoms with Crippen molar-refractivity contribution in [1.82, 2.24) is 20.0 Å². The number of rotatable bonds is 5. The summed E-state index contributed by atoms with van der Waals surface area (Å²) in [6.45, 7) is 10.2. The number of aromatic amines is 1. The van der Waals surface area contributed by atoms with E-state index in [9.17, 15) is 13.2 Å². The predicted octanol–water partition coefficient (Wildman–Crippen LogP) is 6.61. The number of H-pyrrole nitrogens is 1. The van der Waals surface area contributed by atoms with Crippen LogP contribution in [0.2, 0.25) is 0 Å². The maximum atomic E-state index is 15.1. The second kappa shape index (κ2) is 8.11. The molecule has 0 fully saturated rings. The van der Waals surface area contributed by atoms with E-state index in [1.54, 1.807) is 19.1 Å². The van der Waals surface area contributed by atoms with E-state index >= 15 is 4.39 Å². The first kappa shape index (κ1) is 21.6. The molecule has 0 radical (unpaired) electrons. The van der Waals surface area contributed by atoms with E-state index in [1.165, 1.54) is 18.5 Å². The number of hydrogen-bond donors (Lipinski definition) is 1. The minimum absolute atomic E-state index is 0.255. The second-order valence-electron chi connectivity index (χ2n) is 7.66. The van der Waals surface area contributed by atoms with E-state index in [1.807, 2.05) is 13.0 Å². The third-order valence-corrected chi connectivity index (χ3v) is 5.20. The van der Waals surface area contributed by atoms with Gasteiger partial charge >= 0.3 is 6.18 Å². The van der Waals surface area contributed by atoms with Crippen molar-refractivity contribution in [1.29, 1.82) is 0 Å². The van der Waals surface area contributed by atoms with Gasteiger partial charge in [0.25, 0.3) is 0 Å². The van der Waals surface area contributed by atoms with Crippen LogP contribution in [0.3, 0.4) is 0 Å². The molecule has 0 saturated carbocycles. The lowest BCUT2D eigenvalue weighted by Crippen LogP contribution is -2.17. The first-order valence-electron chi connectivity index (χ1n) is 9.98. The smallest absolute Gasteiger partial charge is 0.278 e. The molecule has 32 heavy (non-hydrogen) atoms. The summed E-state index contributed by atoms with van der Waals surface area (Å²) in [7, 11) is 0. The Morgan fingerprint density at radius 3 is 2.62 bits per heavy atom. The number of fused-ring (bicyclic) bond motifs is 1. The minimum Gasteiger partial charge on any atom is -0.278 e. The molecule has 2 aromatic heterocycles. The van der Waals surface area contributed by atoms with Gasteiger partial charge in [-0.15, -0.1) is 0 Å². The summed E-state index contributed by atoms with van der Waals surface area (Å²) < 4.78 is 53.9. The second-order valence-corrected chi connectivity index (χ2v) is 7.66. The highest BCUT2D eigenvalue weighted by Gasteiger charge is 2.28. The van der Waals surface area contributed by atoms with Crippen molar-refractivity contribution in [2.45, 2.75) is 39.4 Å². The molecule has 2 heterocycles. The van der Waals surface area contributed by atoms with Gasteiger partial charge in [-0.25, -0.2) is 9.24 Å². The van der Waals surface area contributed by atoms with Crippen LogP contribution in [0, 0.1) is 19.3 Å². The fraction of sp³-hybridized carbons (Fsp3) is 0.261. The van der Waals surface area contributed by atoms with Gasteiger partial charge in [0.15, 0.2) is 5.69 Å². The summed E-state index contributed by atoms with van der Waals surface area (Å²) in [6, 6.07) is 6.64. The molecule has 9 heteroatoms. The normalized spacial score (nSPS) is 11.8. The molecule has 2 aromatic carbocycles. The Balaban J connectivity index is 1.85. The van der Waals surface area contributed by atoms with Gasteiger partial charge in [0.05, 0.1) is 18.3 Å². The Hall–Kier alpha value is -3.67. The molecular formula is C23H19F4N5. The van der Waals surface area contributed by atoms with Gasteiger partial charge in [0, 0.05) is 22.7 Å². The highest BCUT2D eigenvalue weighted by molar-refractivity contribution is 6.00. The number of nitrogens with zero attached hydrogens (tertiary/aromatic N) is 4. The summed E-state index contributed by atoms with van der Waals surface area (Å²) in [5, 5.41) is 11.4. The molecular weight excluding hydrogens is 422 g/mol. The number of benzene rings is 2. The number of nitrogens with one attached hydrogen (secondary N) is 1. The average Bonchev–Trinajstić information content (AvgIpc) is 3.32. The fourth-order valence-electron chi connectivity index (χ4n) is 3.91. The molecule has 1 N–H and O–H groups in total. The largest absolute Gasteiger partial charge is 0.408 e. The lowest BCUT2D eigenvalue weighted by Gasteiger charge is -2.12. The summed E-state index contributed by atoms with van der Waals surface area (Å²) in [5.41, 5.74) is 3.89. The average molecular weight is 441 g/mol. The van der Waals surface area contributed by atoms with Gasteiger partial charge in [-0.2, -0.15) is 23.4 Å². The van der Waals surface area contributed by atoms with Gasteiger partial charge in [-0.1, -0.05) is 25.5 Å². The summed E-state index contributed by atoms with van der Waals surface area (Å²) in [6.07, 6.45) is -0.196. The topological polar surface area (TPSA) is 50.9 Å². The Kier molecular flexibility index (Phi) is 5.46. The number of halogens is 4. The molecule has 0 saturated heterocycles. The zero-order valence-electron chi connectivity index (χ0n) is 17.4. The highest BCUT2D eigenvalue weighted by Crippen LogP contribution is 2.40. The molecule has 4 aromatic rings. The maximum absolute atomic E-state index is 15.1. The van der Waals surface area contributed by atoms with Crippen molar-refractivity contribution in [3.8, 4) is 22.4 Å². The summed E-state index contributed by atoms with van der Waals surface area (Å²) in [4.78, 5) is 3.56. The van der Waals surface area contributed by atoms with Crippen molar-refractivity contribution in [2.24, 2.45) is 0 Å². The molecule has 5 nitrogen and oxygen atoms in total. The molecule has 0 aliphatic carbocycles. The molecule has 0 bridgehead atoms. The number of hydrogen-bond acceptors (Lipinski definition) is 2. The SMILES string of the molecule is [C-]#[N+]c1cc2[nH]nc(-c3cnn(CC(F)(F)F)c3)c2cc1-c1c(C)cc(CCC)cc1F. The van der Waals surface area contributed by atoms with Crippen LogP contribution >= 0.6 is 0 Å². The Morgan fingerprint density at radius 2 is 1.97 bits per heavy atom. The Labute approximate surface area is 181 Å². The molecule has 0 spiro atoms. The third kappa shape index (κ3) is 4.08. The van der Waals surface area contributed by atoms with Gasteiger partial charge in [-0.3, -0.25) is 9.78 Å². The van der Waals surface area contributed by atoms with Crippen LogP contribution in [0.1, 0.15) is 24.5 Å². The molecule has 0 unspecified atom stereocenters. The van der Waals surface area contributed by atoms with Crippen LogP contribution in [0.4, 0.5) is 23.2 Å². The van der Waals surface area contributed by atoms with Crippen molar-refractivity contribution in [3.63, 3.8) is 0 Å². The van der Waals surface area contributed by atoms with Crippen LogP contribution in [-0.4, -0.2) is 26.2 Å². The maximum Gasteiger partial charge on any atom is 0.408 e. The first-order valence-corrected chi connectivity index (χ1v) is 9.98. The van der Waals surface area contributed by atoms with Crippen LogP contribution in [-0.2, 0) is 13.0 Å². The highest BCUT2D eigenvalue weighted by atomic mass is 19.4. The summed E-state index contributed by atoms with van der Waals surface area (Å²) in [5.74, 6) is -0.416. The number of alkyl halides is 3. The van der Waals surface area contributed by atoms with Crippen LogP contribution in [0.25, 0.3) is 38.1 Å². The Bertz CT molecular complexity index is 1320. The van der Waals surface area contributed by atoms with E-state index in [2.05, 4.69) is 20.1 Å². The van der Waals surface area contributed by atoms with Gasteiger partial charge in [-0.05, 0) is 42.2 Å². The molecule has 0 atom stereocenters. The zero-order chi connectivity index (χ0) is 23.0. The predicted molar refractivity (Wildman–Crippen MR) is 114 cm³/mol. The van der Waals surface area contributed by atoms with Gasteiger partial charge in [0.1, 0.15) is 18.1 Å². The molecule has 4 rings (SSSR count). The lowest BCUT2D eigenvalue weighted by molar-refractivity contribution is -0.142. The van der Waals surface area contributed by atoms with Crippen molar-refractivity contribution in [3.05, 3.63) is 65.0 Å². The standard InChI is InChI=1S/C23H19F4N5/c1-4-5-14-6-13(2)21(18(24)7-14)16-8-17-20(9-19(16)28-3)30-31-22(17)15-10-29-32(11-15)12-23(25,26)27/h6-11H,4-5,12H2,1-2H3,(H,30,31). The van der Waals surface area contributed by atoms with E-state index in [-0.39, 0.29) is 5.69 Å². The zero-order valence-corrected chi connectivity index (χ0v) is 17.4. The van der Waals surface area contributed by atoms with Crippen molar-refractivity contribution < 1.29 is 17.6 Å². The number of aryl methyl sites for hydroxylation is 2. The summed E-state index contributed by atoms with van der Waals surface area (Å²) >= 11 is 0. The van der Waals surface area contributed by atoms with Crippen molar-refractivity contribution >= 4 is 16.6 Å². The monoisotopic (exact) mass is 441 g/mol. The molecule has 0 amide bonds. The molecule has 0 aliphatic heterocycles. The number of aromatic nitrogens is 4. The molecule has 0 aliphatic rings. The van der Waals surface area contributed by atoms with E-state index < -0.39 is 18.5 Å². The van der Waals surface area contributed by atoms with E-state index in [0.29, 0.717) is 38.9 Å². The van der Waals surface area contributed by atoms with Crippen LogP contribution in [0.5, 0.6) is 0 Å². The third-order valence-electron chi connectivity index (χ3n) is 5.20. The minimum atomic E-state index is -4.40. The van der Waals surface area contributed by atoms with Crippen LogP contribution < -0.4 is 0 Å². The van der Waals surface area contributed by atoms with Gasteiger partial charge < -0.3 is 0 Å². The van der Waals surface area contributed by atoms with E-state index in [4.69, 9.17) is 6.57 Å². The van der Waals surface area contributed by atoms with E-state index in [0.717, 1.165) is 23.1 Å². The van der Waals surface area contributed by atoms with Crippen LogP contribution in [0.15, 0.2) is 36.7 Å². The van der Waals surface area contributed by atoms with Gasteiger partial charge in [0.2, 0.25) is 0 Å². The fourth-order valence-corrected chi connectivity index (χ4v) is 3.91. The Morgan fingerprint density at radius 1 is 1.19 bits per heavy atom. The molecule has 164 valence electrons. The van der Waals surface area contributed by atoms with Crippen molar-refractivity contribution in [2.75, 3.05) is 0 Å².